The molecule has 5 rings (SSSR count). The van der Waals surface area contributed by atoms with Crippen LogP contribution in [0.25, 0.3) is 22.0 Å². The molecule has 0 aliphatic heterocycles. The Hall–Kier alpha value is -2.75. The number of rotatable bonds is 4. The van der Waals surface area contributed by atoms with E-state index in [9.17, 15) is 4.79 Å². The number of para-hydroxylation sites is 1. The van der Waals surface area contributed by atoms with E-state index in [-0.39, 0.29) is 5.97 Å². The van der Waals surface area contributed by atoms with Crippen LogP contribution in [0.3, 0.4) is 0 Å². The van der Waals surface area contributed by atoms with Gasteiger partial charge in [-0.2, -0.15) is 0 Å². The van der Waals surface area contributed by atoms with Gasteiger partial charge in [-0.3, -0.25) is 0 Å². The minimum absolute atomic E-state index is 0.328. The molecule has 0 saturated heterocycles. The first-order valence-electron chi connectivity index (χ1n) is 10.8. The number of carbonyl (C=O) groups is 1. The predicted molar refractivity (Wildman–Crippen MR) is 131 cm³/mol. The van der Waals surface area contributed by atoms with Crippen molar-refractivity contribution in [1.29, 1.82) is 0 Å². The Morgan fingerprint density at radius 1 is 1.00 bits per heavy atom. The van der Waals surface area contributed by atoms with Crippen LogP contribution in [-0.4, -0.2) is 17.6 Å². The van der Waals surface area contributed by atoms with Crippen LogP contribution in [0.1, 0.15) is 40.0 Å². The maximum absolute atomic E-state index is 11.9. The largest absolute Gasteiger partial charge is 0.465 e. The average molecular weight is 464 g/mol. The third-order valence-electron chi connectivity index (χ3n) is 6.36. The van der Waals surface area contributed by atoms with Gasteiger partial charge in [-0.25, -0.2) is 4.79 Å². The van der Waals surface area contributed by atoms with Gasteiger partial charge in [-0.15, -0.1) is 0 Å². The van der Waals surface area contributed by atoms with Crippen molar-refractivity contribution in [2.75, 3.05) is 7.11 Å². The van der Waals surface area contributed by atoms with Crippen molar-refractivity contribution in [2.24, 2.45) is 0 Å². The van der Waals surface area contributed by atoms with Crippen molar-refractivity contribution in [3.05, 3.63) is 93.1 Å². The first kappa shape index (κ1) is 21.1. The lowest BCUT2D eigenvalue weighted by molar-refractivity contribution is 0.0601. The number of esters is 1. The maximum atomic E-state index is 11.9. The molecule has 1 aliphatic rings. The molecule has 0 fully saturated rings. The zero-order valence-corrected chi connectivity index (χ0v) is 19.3. The number of aromatic nitrogens is 1. The fourth-order valence-corrected chi connectivity index (χ4v) is 5.29. The Balaban J connectivity index is 1.70. The van der Waals surface area contributed by atoms with Crippen molar-refractivity contribution >= 4 is 40.1 Å². The minimum Gasteiger partial charge on any atom is -0.465 e. The van der Waals surface area contributed by atoms with E-state index in [1.54, 1.807) is 0 Å². The summed E-state index contributed by atoms with van der Waals surface area (Å²) in [5.41, 5.74) is 7.89. The highest BCUT2D eigenvalue weighted by Gasteiger charge is 2.23. The first-order valence-corrected chi connectivity index (χ1v) is 11.6. The number of ether oxygens (including phenoxy) is 1. The molecular weight excluding hydrogens is 441 g/mol. The molecule has 5 heteroatoms. The third kappa shape index (κ3) is 3.70. The fraction of sp³-hybridized carbons (Fsp3) is 0.222. The predicted octanol–water partition coefficient (Wildman–Crippen LogP) is 7.33. The second kappa shape index (κ2) is 8.65. The summed E-state index contributed by atoms with van der Waals surface area (Å²) in [4.78, 5) is 11.9. The van der Waals surface area contributed by atoms with Crippen LogP contribution in [0, 0.1) is 0 Å². The molecule has 0 bridgehead atoms. The van der Waals surface area contributed by atoms with Gasteiger partial charge in [0.25, 0.3) is 0 Å². The van der Waals surface area contributed by atoms with Gasteiger partial charge in [0.15, 0.2) is 0 Å². The Bertz CT molecular complexity index is 1320. The topological polar surface area (TPSA) is 31.2 Å². The minimum atomic E-state index is -0.328. The lowest BCUT2D eigenvalue weighted by Crippen LogP contribution is -2.10. The number of fused-ring (bicyclic) bond motifs is 3. The molecule has 3 aromatic carbocycles. The number of methoxy groups -OCH3 is 1. The van der Waals surface area contributed by atoms with Gasteiger partial charge in [-0.05, 0) is 66.6 Å². The zero-order chi connectivity index (χ0) is 22.2. The molecule has 1 heterocycles. The Labute approximate surface area is 197 Å². The Morgan fingerprint density at radius 2 is 1.78 bits per heavy atom. The van der Waals surface area contributed by atoms with E-state index in [1.165, 1.54) is 42.1 Å². The molecule has 3 nitrogen and oxygen atoms in total. The summed E-state index contributed by atoms with van der Waals surface area (Å²) in [6.07, 6.45) is 4.57. The zero-order valence-electron chi connectivity index (χ0n) is 17.8. The van der Waals surface area contributed by atoms with Gasteiger partial charge in [0.05, 0.1) is 18.2 Å². The number of carbonyl (C=O) groups excluding carboxylic acids is 1. The van der Waals surface area contributed by atoms with Crippen LogP contribution >= 0.6 is 23.2 Å². The third-order valence-corrected chi connectivity index (χ3v) is 6.94. The smallest absolute Gasteiger partial charge is 0.337 e. The van der Waals surface area contributed by atoms with E-state index in [0.717, 1.165) is 29.5 Å². The average Bonchev–Trinajstić information content (AvgIpc) is 3.14. The molecule has 0 saturated carbocycles. The molecule has 0 N–H and O–H groups in total. The van der Waals surface area contributed by atoms with E-state index in [0.29, 0.717) is 22.2 Å². The molecule has 4 aromatic rings. The van der Waals surface area contributed by atoms with Crippen molar-refractivity contribution in [1.82, 2.24) is 4.57 Å². The molecule has 32 heavy (non-hydrogen) atoms. The number of nitrogens with zero attached hydrogens (tertiary/aromatic N) is 1. The number of aryl methyl sites for hydroxylation is 1. The summed E-state index contributed by atoms with van der Waals surface area (Å²) >= 11 is 12.7. The highest BCUT2D eigenvalue weighted by atomic mass is 35.5. The van der Waals surface area contributed by atoms with Crippen molar-refractivity contribution in [2.45, 2.75) is 32.2 Å². The van der Waals surface area contributed by atoms with Crippen LogP contribution in [-0.2, 0) is 24.1 Å². The number of halogens is 2. The maximum Gasteiger partial charge on any atom is 0.337 e. The van der Waals surface area contributed by atoms with Crippen LogP contribution < -0.4 is 0 Å². The lowest BCUT2D eigenvalue weighted by atomic mass is 9.94. The molecular formula is C27H23Cl2NO2. The van der Waals surface area contributed by atoms with Crippen molar-refractivity contribution in [3.63, 3.8) is 0 Å². The normalized spacial score (nSPS) is 13.2. The highest BCUT2D eigenvalue weighted by molar-refractivity contribution is 6.35. The molecule has 162 valence electrons. The van der Waals surface area contributed by atoms with Gasteiger partial charge >= 0.3 is 5.97 Å². The Morgan fingerprint density at radius 3 is 2.53 bits per heavy atom. The fourth-order valence-electron chi connectivity index (χ4n) is 4.82. The van der Waals surface area contributed by atoms with Crippen LogP contribution in [0.15, 0.2) is 60.7 Å². The monoisotopic (exact) mass is 463 g/mol. The molecule has 1 aromatic heterocycles. The molecule has 0 spiro atoms. The number of hydrogen-bond donors (Lipinski definition) is 0. The standard InChI is InChI=1S/C27H23Cl2NO2/c1-32-27(31)18-11-9-17(10-12-18)21-6-4-7-23-22-5-2-3-8-25(22)30(26(21)23)16-19-13-14-20(28)15-24(19)29/h4,6-7,9-15H,2-3,5,8,16H2,1H3. The van der Waals surface area contributed by atoms with E-state index in [4.69, 9.17) is 27.9 Å². The number of benzene rings is 3. The first-order chi connectivity index (χ1) is 15.6. The summed E-state index contributed by atoms with van der Waals surface area (Å²) in [5.74, 6) is -0.328. The van der Waals surface area contributed by atoms with E-state index >= 15 is 0 Å². The highest BCUT2D eigenvalue weighted by Crippen LogP contribution is 2.38. The molecule has 0 radical (unpaired) electrons. The van der Waals surface area contributed by atoms with Gasteiger partial charge < -0.3 is 9.30 Å². The second-order valence-electron chi connectivity index (χ2n) is 8.22. The van der Waals surface area contributed by atoms with E-state index < -0.39 is 0 Å². The lowest BCUT2D eigenvalue weighted by Gasteiger charge is -2.17. The van der Waals surface area contributed by atoms with Crippen LogP contribution in [0.5, 0.6) is 0 Å². The van der Waals surface area contributed by atoms with E-state index in [1.807, 2.05) is 42.5 Å². The van der Waals surface area contributed by atoms with E-state index in [2.05, 4.69) is 22.8 Å². The van der Waals surface area contributed by atoms with Crippen molar-refractivity contribution in [3.8, 4) is 11.1 Å². The van der Waals surface area contributed by atoms with Crippen LogP contribution in [0.4, 0.5) is 0 Å². The quantitative estimate of drug-likeness (QED) is 0.296. The second-order valence-corrected chi connectivity index (χ2v) is 9.07. The summed E-state index contributed by atoms with van der Waals surface area (Å²) in [6.45, 7) is 0.694. The van der Waals surface area contributed by atoms with Gasteiger partial charge in [0.1, 0.15) is 0 Å². The summed E-state index contributed by atoms with van der Waals surface area (Å²) in [5, 5.41) is 2.63. The molecule has 0 amide bonds. The summed E-state index contributed by atoms with van der Waals surface area (Å²) < 4.78 is 7.28. The Kier molecular flexibility index (Phi) is 5.71. The summed E-state index contributed by atoms with van der Waals surface area (Å²) in [6, 6.07) is 19.9. The number of hydrogen-bond acceptors (Lipinski definition) is 2. The summed E-state index contributed by atoms with van der Waals surface area (Å²) in [7, 11) is 1.40. The SMILES string of the molecule is COC(=O)c1ccc(-c2cccc3c4c(n(Cc5ccc(Cl)cc5Cl)c23)CCCC4)cc1. The van der Waals surface area contributed by atoms with Crippen molar-refractivity contribution < 1.29 is 9.53 Å². The van der Waals surface area contributed by atoms with Gasteiger partial charge in [0, 0.05) is 33.2 Å². The van der Waals surface area contributed by atoms with Gasteiger partial charge in [-0.1, -0.05) is 59.6 Å². The van der Waals surface area contributed by atoms with Gasteiger partial charge in [0.2, 0.25) is 0 Å². The molecule has 1 aliphatic carbocycles. The molecule has 0 unspecified atom stereocenters. The molecule has 0 atom stereocenters. The van der Waals surface area contributed by atoms with Crippen LogP contribution in [0.2, 0.25) is 10.0 Å².